The minimum atomic E-state index is -1.26. The zero-order valence-electron chi connectivity index (χ0n) is 17.8. The van der Waals surface area contributed by atoms with Crippen LogP contribution in [0.1, 0.15) is 5.56 Å². The number of morpholine rings is 1. The summed E-state index contributed by atoms with van der Waals surface area (Å²) in [5, 5.41) is 17.5. The van der Waals surface area contributed by atoms with Crippen molar-refractivity contribution in [2.75, 3.05) is 32.8 Å². The van der Waals surface area contributed by atoms with E-state index in [2.05, 4.69) is 15.7 Å². The number of carbonyl (C=O) groups is 2. The fourth-order valence-corrected chi connectivity index (χ4v) is 3.70. The third-order valence-electron chi connectivity index (χ3n) is 5.12. The van der Waals surface area contributed by atoms with Crippen molar-refractivity contribution in [1.29, 1.82) is 0 Å². The van der Waals surface area contributed by atoms with E-state index in [0.717, 1.165) is 60.9 Å². The number of aliphatic carboxylic acids is 2. The van der Waals surface area contributed by atoms with Crippen molar-refractivity contribution in [2.24, 2.45) is 0 Å². The third-order valence-corrected chi connectivity index (χ3v) is 5.36. The molecule has 2 aromatic carbocycles. The minimum absolute atomic E-state index is 0.226. The van der Waals surface area contributed by atoms with E-state index in [1.807, 2.05) is 18.2 Å². The number of hydrogen-bond donors (Lipinski definition) is 2. The molecule has 4 rings (SSSR count). The van der Waals surface area contributed by atoms with Crippen molar-refractivity contribution in [2.45, 2.75) is 6.42 Å². The monoisotopic (exact) mass is 474 g/mol. The van der Waals surface area contributed by atoms with Crippen molar-refractivity contribution in [3.8, 4) is 5.69 Å². The van der Waals surface area contributed by atoms with Crippen LogP contribution in [0.4, 0.5) is 4.39 Å². The third kappa shape index (κ3) is 7.15. The molecular weight excluding hydrogens is 451 g/mol. The van der Waals surface area contributed by atoms with Gasteiger partial charge in [0.05, 0.1) is 18.7 Å². The molecule has 9 heteroatoms. The summed E-state index contributed by atoms with van der Waals surface area (Å²) >= 11 is 6.23. The molecule has 2 N–H and O–H groups in total. The summed E-state index contributed by atoms with van der Waals surface area (Å²) in [7, 11) is 0. The normalized spacial score (nSPS) is 14.2. The Bertz CT molecular complexity index is 1120. The lowest BCUT2D eigenvalue weighted by atomic mass is 10.1. The Labute approximate surface area is 195 Å². The van der Waals surface area contributed by atoms with Gasteiger partial charge in [-0.15, -0.1) is 0 Å². The molecule has 0 radical (unpaired) electrons. The van der Waals surface area contributed by atoms with E-state index < -0.39 is 11.9 Å². The second-order valence-electron chi connectivity index (χ2n) is 7.38. The first-order chi connectivity index (χ1) is 15.8. The Morgan fingerprint density at radius 2 is 1.67 bits per heavy atom. The van der Waals surface area contributed by atoms with Gasteiger partial charge in [-0.3, -0.25) is 4.90 Å². The molecule has 7 nitrogen and oxygen atoms in total. The zero-order valence-corrected chi connectivity index (χ0v) is 18.5. The molecule has 0 aliphatic carbocycles. The second kappa shape index (κ2) is 11.6. The summed E-state index contributed by atoms with van der Waals surface area (Å²) in [6, 6.07) is 12.5. The van der Waals surface area contributed by atoms with E-state index in [4.69, 9.17) is 26.6 Å². The molecule has 1 saturated heterocycles. The summed E-state index contributed by atoms with van der Waals surface area (Å²) < 4.78 is 20.8. The highest BCUT2D eigenvalue weighted by molar-refractivity contribution is 6.31. The maximum atomic E-state index is 13.3. The Morgan fingerprint density at radius 1 is 1.03 bits per heavy atom. The maximum Gasteiger partial charge on any atom is 0.328 e. The molecule has 1 aromatic heterocycles. The first-order valence-electron chi connectivity index (χ1n) is 10.3. The molecule has 1 aliphatic rings. The first kappa shape index (κ1) is 24.4. The Morgan fingerprint density at radius 3 is 2.27 bits per heavy atom. The van der Waals surface area contributed by atoms with Crippen molar-refractivity contribution < 1.29 is 28.9 Å². The van der Waals surface area contributed by atoms with Crippen LogP contribution in [0, 0.1) is 5.82 Å². The van der Waals surface area contributed by atoms with E-state index in [1.165, 1.54) is 17.7 Å². The van der Waals surface area contributed by atoms with Crippen LogP contribution in [-0.4, -0.2) is 64.5 Å². The molecule has 33 heavy (non-hydrogen) atoms. The molecule has 3 aromatic rings. The van der Waals surface area contributed by atoms with E-state index in [-0.39, 0.29) is 5.82 Å². The molecule has 2 heterocycles. The fourth-order valence-electron chi connectivity index (χ4n) is 3.53. The largest absolute Gasteiger partial charge is 0.478 e. The maximum absolute atomic E-state index is 13.3. The SMILES string of the molecule is Fc1ccc(-n2cc(CCN3CCOCC3)c3cc(Cl)ccc32)cc1.O=C(O)/C=C/C(=O)O. The molecule has 1 fully saturated rings. The van der Waals surface area contributed by atoms with Crippen LogP contribution in [0.15, 0.2) is 60.8 Å². The highest BCUT2D eigenvalue weighted by Gasteiger charge is 2.14. The van der Waals surface area contributed by atoms with Gasteiger partial charge in [-0.25, -0.2) is 14.0 Å². The topological polar surface area (TPSA) is 92.0 Å². The summed E-state index contributed by atoms with van der Waals surface area (Å²) in [5.74, 6) is -2.74. The molecule has 1 aliphatic heterocycles. The van der Waals surface area contributed by atoms with Gasteiger partial charge >= 0.3 is 11.9 Å². The number of hydrogen-bond acceptors (Lipinski definition) is 4. The van der Waals surface area contributed by atoms with Crippen LogP contribution in [0.5, 0.6) is 0 Å². The Balaban J connectivity index is 0.000000331. The van der Waals surface area contributed by atoms with Gasteiger partial charge in [0.1, 0.15) is 5.82 Å². The van der Waals surface area contributed by atoms with Gasteiger partial charge in [0.15, 0.2) is 0 Å². The van der Waals surface area contributed by atoms with Gasteiger partial charge in [-0.1, -0.05) is 11.6 Å². The standard InChI is InChI=1S/C20H20ClFN2O.C4H4O4/c21-16-1-6-20-19(13-16)15(7-8-23-9-11-25-12-10-23)14-24(20)18-4-2-17(22)3-5-18;5-3(6)1-2-4(7)8/h1-6,13-14H,7-12H2;1-2H,(H,5,6)(H,7,8)/b;2-1+. The minimum Gasteiger partial charge on any atom is -0.478 e. The molecule has 0 bridgehead atoms. The summed E-state index contributed by atoms with van der Waals surface area (Å²) in [4.78, 5) is 21.5. The van der Waals surface area contributed by atoms with Crippen molar-refractivity contribution in [3.05, 3.63) is 77.2 Å². The molecule has 0 atom stereocenters. The number of aromatic nitrogens is 1. The Hall–Kier alpha value is -3.20. The molecule has 174 valence electrons. The summed E-state index contributed by atoms with van der Waals surface area (Å²) in [6.45, 7) is 4.58. The second-order valence-corrected chi connectivity index (χ2v) is 7.81. The first-order valence-corrected chi connectivity index (χ1v) is 10.7. The van der Waals surface area contributed by atoms with Crippen molar-refractivity contribution in [1.82, 2.24) is 9.47 Å². The van der Waals surface area contributed by atoms with Crippen LogP contribution in [-0.2, 0) is 20.7 Å². The summed E-state index contributed by atoms with van der Waals surface area (Å²) in [5.41, 5.74) is 3.30. The van der Waals surface area contributed by atoms with Crippen molar-refractivity contribution >= 4 is 34.4 Å². The van der Waals surface area contributed by atoms with Gasteiger partial charge in [0, 0.05) is 54.1 Å². The van der Waals surface area contributed by atoms with E-state index in [1.54, 1.807) is 12.1 Å². The van der Waals surface area contributed by atoms with Gasteiger partial charge < -0.3 is 19.5 Å². The smallest absolute Gasteiger partial charge is 0.328 e. The highest BCUT2D eigenvalue weighted by Crippen LogP contribution is 2.28. The lowest BCUT2D eigenvalue weighted by Gasteiger charge is -2.26. The number of ether oxygens (including phenoxy) is 1. The molecule has 0 spiro atoms. The zero-order chi connectivity index (χ0) is 23.8. The fraction of sp³-hybridized carbons (Fsp3) is 0.250. The van der Waals surface area contributed by atoms with Gasteiger partial charge in [0.25, 0.3) is 0 Å². The Kier molecular flexibility index (Phi) is 8.59. The van der Waals surface area contributed by atoms with Crippen molar-refractivity contribution in [3.63, 3.8) is 0 Å². The number of nitrogens with zero attached hydrogens (tertiary/aromatic N) is 2. The number of benzene rings is 2. The van der Waals surface area contributed by atoms with E-state index >= 15 is 0 Å². The highest BCUT2D eigenvalue weighted by atomic mass is 35.5. The predicted octanol–water partition coefficient (Wildman–Crippen LogP) is 4.01. The van der Waals surface area contributed by atoms with E-state index in [0.29, 0.717) is 12.2 Å². The van der Waals surface area contributed by atoms with Crippen LogP contribution in [0.2, 0.25) is 5.02 Å². The quantitative estimate of drug-likeness (QED) is 0.524. The molecule has 0 amide bonds. The van der Waals surface area contributed by atoms with E-state index in [9.17, 15) is 14.0 Å². The van der Waals surface area contributed by atoms with Gasteiger partial charge in [-0.2, -0.15) is 0 Å². The summed E-state index contributed by atoms with van der Waals surface area (Å²) in [6.07, 6.45) is 4.21. The van der Waals surface area contributed by atoms with Crippen LogP contribution < -0.4 is 0 Å². The number of fused-ring (bicyclic) bond motifs is 1. The predicted molar refractivity (Wildman–Crippen MR) is 124 cm³/mol. The lowest BCUT2D eigenvalue weighted by Crippen LogP contribution is -2.37. The number of rotatable bonds is 6. The van der Waals surface area contributed by atoms with Crippen LogP contribution in [0.25, 0.3) is 16.6 Å². The number of carboxylic acid groups (broad SMARTS) is 2. The molecule has 0 saturated carbocycles. The number of halogens is 2. The lowest BCUT2D eigenvalue weighted by molar-refractivity contribution is -0.134. The average Bonchev–Trinajstić information content (AvgIpc) is 3.15. The molecular formula is C24H24ClFN2O5. The molecule has 0 unspecified atom stereocenters. The van der Waals surface area contributed by atoms with Gasteiger partial charge in [0.2, 0.25) is 0 Å². The number of carboxylic acids is 2. The van der Waals surface area contributed by atoms with Crippen LogP contribution in [0.3, 0.4) is 0 Å². The average molecular weight is 475 g/mol. The van der Waals surface area contributed by atoms with Gasteiger partial charge in [-0.05, 0) is 54.4 Å². The van der Waals surface area contributed by atoms with Crippen LogP contribution >= 0.6 is 11.6 Å².